The summed E-state index contributed by atoms with van der Waals surface area (Å²) in [5.74, 6) is 0.656. The van der Waals surface area contributed by atoms with Gasteiger partial charge >= 0.3 is 0 Å². The molecular formula is C24H27N3O2S. The molecule has 0 spiro atoms. The number of hydrogen-bond donors (Lipinski definition) is 0. The number of nitro benzene ring substituents is 1. The fourth-order valence-electron chi connectivity index (χ4n) is 4.33. The molecule has 0 bridgehead atoms. The first kappa shape index (κ1) is 20.5. The third-order valence-electron chi connectivity index (χ3n) is 5.77. The molecule has 0 atom stereocenters. The maximum atomic E-state index is 11.0. The van der Waals surface area contributed by atoms with E-state index in [0.29, 0.717) is 5.92 Å². The normalized spacial score (nSPS) is 15.5. The van der Waals surface area contributed by atoms with Crippen molar-refractivity contribution in [2.24, 2.45) is 10.9 Å². The molecule has 0 amide bonds. The zero-order chi connectivity index (χ0) is 21.1. The summed E-state index contributed by atoms with van der Waals surface area (Å²) < 4.78 is 2.32. The molecule has 0 aliphatic heterocycles. The average molecular weight is 422 g/mol. The first-order valence-electron chi connectivity index (χ1n) is 10.6. The van der Waals surface area contributed by atoms with Gasteiger partial charge < -0.3 is 4.57 Å². The maximum Gasteiger partial charge on any atom is 0.269 e. The van der Waals surface area contributed by atoms with E-state index in [1.807, 2.05) is 12.1 Å². The van der Waals surface area contributed by atoms with Gasteiger partial charge in [-0.15, -0.1) is 11.3 Å². The van der Waals surface area contributed by atoms with Gasteiger partial charge in [0.15, 0.2) is 4.80 Å². The number of nitrogens with zero attached hydrogens (tertiary/aromatic N) is 3. The van der Waals surface area contributed by atoms with Crippen molar-refractivity contribution in [3.05, 3.63) is 73.9 Å². The number of thiazole rings is 1. The second kappa shape index (κ2) is 8.96. The topological polar surface area (TPSA) is 60.4 Å². The van der Waals surface area contributed by atoms with Crippen LogP contribution in [0.4, 0.5) is 11.4 Å². The molecule has 5 nitrogen and oxygen atoms in total. The van der Waals surface area contributed by atoms with E-state index in [2.05, 4.69) is 42.0 Å². The van der Waals surface area contributed by atoms with E-state index < -0.39 is 0 Å². The molecule has 1 aliphatic carbocycles. The summed E-state index contributed by atoms with van der Waals surface area (Å²) >= 11 is 1.64. The maximum absolute atomic E-state index is 11.0. The number of aromatic nitrogens is 1. The van der Waals surface area contributed by atoms with Crippen molar-refractivity contribution in [3.8, 4) is 11.3 Å². The van der Waals surface area contributed by atoms with E-state index in [9.17, 15) is 10.1 Å². The van der Waals surface area contributed by atoms with Crippen molar-refractivity contribution in [3.63, 3.8) is 0 Å². The summed E-state index contributed by atoms with van der Waals surface area (Å²) in [6.45, 7) is 5.14. The Hall–Kier alpha value is -2.73. The molecule has 2 aromatic carbocycles. The molecule has 0 N–H and O–H groups in total. The van der Waals surface area contributed by atoms with Crippen LogP contribution in [0.15, 0.2) is 52.8 Å². The Balaban J connectivity index is 1.77. The second-order valence-electron chi connectivity index (χ2n) is 8.28. The summed E-state index contributed by atoms with van der Waals surface area (Å²) in [6.07, 6.45) is 6.44. The monoisotopic (exact) mass is 421 g/mol. The molecular weight excluding hydrogens is 394 g/mol. The molecule has 0 saturated heterocycles. The van der Waals surface area contributed by atoms with E-state index in [-0.39, 0.29) is 10.6 Å². The number of nitro groups is 1. The SMILES string of the molecule is Cc1cc(C)cc(N=c2scc(-c3ccc([N+](=O)[O-])cc3)n2CC2CCCCC2)c1. The molecule has 30 heavy (non-hydrogen) atoms. The molecule has 1 saturated carbocycles. The molecule has 1 heterocycles. The number of rotatable bonds is 5. The molecule has 0 radical (unpaired) electrons. The fraction of sp³-hybridized carbons (Fsp3) is 0.375. The van der Waals surface area contributed by atoms with Crippen LogP contribution in [-0.2, 0) is 6.54 Å². The van der Waals surface area contributed by atoms with Gasteiger partial charge in [-0.05, 0) is 73.6 Å². The number of benzene rings is 2. The smallest absolute Gasteiger partial charge is 0.269 e. The molecule has 3 aromatic rings. The Morgan fingerprint density at radius 2 is 1.73 bits per heavy atom. The molecule has 1 fully saturated rings. The van der Waals surface area contributed by atoms with Crippen LogP contribution in [0.5, 0.6) is 0 Å². The van der Waals surface area contributed by atoms with Gasteiger partial charge in [-0.3, -0.25) is 10.1 Å². The van der Waals surface area contributed by atoms with Crippen molar-refractivity contribution in [2.75, 3.05) is 0 Å². The van der Waals surface area contributed by atoms with E-state index >= 15 is 0 Å². The highest BCUT2D eigenvalue weighted by Gasteiger charge is 2.18. The van der Waals surface area contributed by atoms with Crippen LogP contribution in [0.25, 0.3) is 11.3 Å². The number of aryl methyl sites for hydroxylation is 2. The first-order chi connectivity index (χ1) is 14.5. The van der Waals surface area contributed by atoms with Gasteiger partial charge in [-0.1, -0.05) is 25.3 Å². The molecule has 156 valence electrons. The minimum atomic E-state index is -0.353. The van der Waals surface area contributed by atoms with Gasteiger partial charge in [0.25, 0.3) is 5.69 Å². The van der Waals surface area contributed by atoms with Crippen LogP contribution in [0, 0.1) is 29.9 Å². The Morgan fingerprint density at radius 3 is 2.37 bits per heavy atom. The average Bonchev–Trinajstić information content (AvgIpc) is 3.10. The standard InChI is InChI=1S/C24H27N3O2S/c1-17-12-18(2)14-21(13-17)25-24-26(15-19-6-4-3-5-7-19)23(16-30-24)20-8-10-22(11-9-20)27(28)29/h8-14,16,19H,3-7,15H2,1-2H3. The van der Waals surface area contributed by atoms with Gasteiger partial charge in [0.05, 0.1) is 16.3 Å². The Kier molecular flexibility index (Phi) is 6.13. The third kappa shape index (κ3) is 4.70. The summed E-state index contributed by atoms with van der Waals surface area (Å²) in [5.41, 5.74) is 5.59. The predicted octanol–water partition coefficient (Wildman–Crippen LogP) is 6.55. The summed E-state index contributed by atoms with van der Waals surface area (Å²) in [6, 6.07) is 13.2. The molecule has 6 heteroatoms. The third-order valence-corrected chi connectivity index (χ3v) is 6.63. The molecule has 0 unspecified atom stereocenters. The summed E-state index contributed by atoms with van der Waals surface area (Å²) in [5, 5.41) is 13.2. The Labute approximate surface area is 180 Å². The van der Waals surface area contributed by atoms with Crippen molar-refractivity contribution in [1.29, 1.82) is 0 Å². The lowest BCUT2D eigenvalue weighted by molar-refractivity contribution is -0.384. The van der Waals surface area contributed by atoms with Crippen molar-refractivity contribution in [1.82, 2.24) is 4.57 Å². The van der Waals surface area contributed by atoms with Crippen LogP contribution >= 0.6 is 11.3 Å². The van der Waals surface area contributed by atoms with E-state index in [1.54, 1.807) is 23.5 Å². The summed E-state index contributed by atoms with van der Waals surface area (Å²) in [7, 11) is 0. The minimum absolute atomic E-state index is 0.118. The highest BCUT2D eigenvalue weighted by atomic mass is 32.1. The van der Waals surface area contributed by atoms with E-state index in [4.69, 9.17) is 4.99 Å². The van der Waals surface area contributed by atoms with E-state index in [1.165, 1.54) is 43.2 Å². The quantitative estimate of drug-likeness (QED) is 0.346. The van der Waals surface area contributed by atoms with Gasteiger partial charge in [-0.2, -0.15) is 0 Å². The minimum Gasteiger partial charge on any atom is -0.316 e. The fourth-order valence-corrected chi connectivity index (χ4v) is 5.27. The van der Waals surface area contributed by atoms with Crippen molar-refractivity contribution >= 4 is 22.7 Å². The van der Waals surface area contributed by atoms with Crippen LogP contribution < -0.4 is 4.80 Å². The highest BCUT2D eigenvalue weighted by molar-refractivity contribution is 7.07. The zero-order valence-electron chi connectivity index (χ0n) is 17.5. The van der Waals surface area contributed by atoms with Gasteiger partial charge in [0, 0.05) is 24.1 Å². The predicted molar refractivity (Wildman–Crippen MR) is 122 cm³/mol. The molecule has 1 aromatic heterocycles. The van der Waals surface area contributed by atoms with Crippen LogP contribution in [-0.4, -0.2) is 9.49 Å². The lowest BCUT2D eigenvalue weighted by Crippen LogP contribution is -2.22. The largest absolute Gasteiger partial charge is 0.316 e. The number of hydrogen-bond acceptors (Lipinski definition) is 4. The lowest BCUT2D eigenvalue weighted by atomic mass is 9.89. The zero-order valence-corrected chi connectivity index (χ0v) is 18.3. The van der Waals surface area contributed by atoms with Crippen molar-refractivity contribution in [2.45, 2.75) is 52.5 Å². The van der Waals surface area contributed by atoms with E-state index in [0.717, 1.165) is 28.3 Å². The summed E-state index contributed by atoms with van der Waals surface area (Å²) in [4.78, 5) is 16.7. The van der Waals surface area contributed by atoms with Crippen LogP contribution in [0.3, 0.4) is 0 Å². The van der Waals surface area contributed by atoms with Gasteiger partial charge in [-0.25, -0.2) is 4.99 Å². The molecule has 4 rings (SSSR count). The van der Waals surface area contributed by atoms with Crippen molar-refractivity contribution < 1.29 is 4.92 Å². The second-order valence-corrected chi connectivity index (χ2v) is 9.12. The van der Waals surface area contributed by atoms with Gasteiger partial charge in [0.1, 0.15) is 0 Å². The highest BCUT2D eigenvalue weighted by Crippen LogP contribution is 2.29. The number of non-ortho nitro benzene ring substituents is 1. The Morgan fingerprint density at radius 1 is 1.07 bits per heavy atom. The van der Waals surface area contributed by atoms with Crippen LogP contribution in [0.2, 0.25) is 0 Å². The lowest BCUT2D eigenvalue weighted by Gasteiger charge is -2.23. The first-order valence-corrected chi connectivity index (χ1v) is 11.4. The van der Waals surface area contributed by atoms with Gasteiger partial charge in [0.2, 0.25) is 0 Å². The Bertz CT molecular complexity index is 1090. The van der Waals surface area contributed by atoms with Crippen LogP contribution in [0.1, 0.15) is 43.2 Å². The molecule has 1 aliphatic rings.